The number of rotatable bonds is 4. The number of hydrogen-bond acceptors (Lipinski definition) is 5. The average Bonchev–Trinajstić information content (AvgIpc) is 2.39. The molecule has 0 spiro atoms. The molecule has 1 aromatic rings. The van der Waals surface area contributed by atoms with E-state index in [-0.39, 0.29) is 0 Å². The first-order valence-electron chi connectivity index (χ1n) is 5.82. The minimum absolute atomic E-state index is 0.328. The Morgan fingerprint density at radius 3 is 2.68 bits per heavy atom. The van der Waals surface area contributed by atoms with Crippen LogP contribution < -0.4 is 15.2 Å². The molecule has 1 aliphatic heterocycles. The third kappa shape index (κ3) is 3.28. The summed E-state index contributed by atoms with van der Waals surface area (Å²) in [5, 5.41) is 0. The Labute approximate surface area is 112 Å². The van der Waals surface area contributed by atoms with E-state index in [1.165, 1.54) is 17.5 Å². The fourth-order valence-corrected chi connectivity index (χ4v) is 2.99. The van der Waals surface area contributed by atoms with Crippen molar-refractivity contribution in [1.29, 1.82) is 0 Å². The number of methoxy groups -OCH3 is 1. The van der Waals surface area contributed by atoms with Crippen LogP contribution in [-0.2, 0) is 14.9 Å². The number of nitrogens with zero attached hydrogens (tertiary/aromatic N) is 1. The standard InChI is InChI=1S/C11H17N3O4S/c1-17-11-3-2-9(12)8-10(11)13-19(15,16)14-4-6-18-7-5-14/h2-3,8,13H,4-7,12H2,1H3. The van der Waals surface area contributed by atoms with Crippen molar-refractivity contribution in [3.05, 3.63) is 18.2 Å². The zero-order valence-electron chi connectivity index (χ0n) is 10.6. The van der Waals surface area contributed by atoms with Gasteiger partial charge in [-0.1, -0.05) is 0 Å². The molecule has 1 aromatic carbocycles. The number of benzene rings is 1. The summed E-state index contributed by atoms with van der Waals surface area (Å²) < 4.78 is 38.5. The summed E-state index contributed by atoms with van der Waals surface area (Å²) in [5.41, 5.74) is 6.44. The van der Waals surface area contributed by atoms with E-state index in [1.54, 1.807) is 12.1 Å². The minimum atomic E-state index is -3.62. The van der Waals surface area contributed by atoms with Gasteiger partial charge in [0.2, 0.25) is 0 Å². The normalized spacial score (nSPS) is 17.1. The lowest BCUT2D eigenvalue weighted by molar-refractivity contribution is 0.0733. The maximum atomic E-state index is 12.2. The molecule has 0 aliphatic carbocycles. The molecule has 0 bridgehead atoms. The first kappa shape index (κ1) is 13.9. The lowest BCUT2D eigenvalue weighted by Gasteiger charge is -2.26. The van der Waals surface area contributed by atoms with Crippen LogP contribution in [0.25, 0.3) is 0 Å². The van der Waals surface area contributed by atoms with Gasteiger partial charge in [0.25, 0.3) is 0 Å². The van der Waals surface area contributed by atoms with Crippen LogP contribution in [0.1, 0.15) is 0 Å². The lowest BCUT2D eigenvalue weighted by atomic mass is 10.2. The van der Waals surface area contributed by atoms with E-state index in [0.717, 1.165) is 0 Å². The molecule has 0 amide bonds. The van der Waals surface area contributed by atoms with Crippen molar-refractivity contribution in [2.24, 2.45) is 0 Å². The quantitative estimate of drug-likeness (QED) is 0.775. The molecular formula is C11H17N3O4S. The van der Waals surface area contributed by atoms with Crippen LogP contribution in [0.4, 0.5) is 11.4 Å². The molecule has 1 aliphatic rings. The maximum Gasteiger partial charge on any atom is 0.301 e. The highest BCUT2D eigenvalue weighted by atomic mass is 32.2. The summed E-state index contributed by atoms with van der Waals surface area (Å²) >= 11 is 0. The molecule has 0 radical (unpaired) electrons. The van der Waals surface area contributed by atoms with E-state index in [4.69, 9.17) is 15.2 Å². The molecule has 19 heavy (non-hydrogen) atoms. The van der Waals surface area contributed by atoms with Crippen LogP contribution in [0.5, 0.6) is 5.75 Å². The number of morpholine rings is 1. The summed E-state index contributed by atoms with van der Waals surface area (Å²) in [4.78, 5) is 0. The third-order valence-electron chi connectivity index (χ3n) is 2.77. The number of nitrogens with one attached hydrogen (secondary N) is 1. The molecule has 0 unspecified atom stereocenters. The van der Waals surface area contributed by atoms with Crippen molar-refractivity contribution < 1.29 is 17.9 Å². The topological polar surface area (TPSA) is 93.9 Å². The van der Waals surface area contributed by atoms with Gasteiger partial charge in [0.15, 0.2) is 0 Å². The highest BCUT2D eigenvalue weighted by molar-refractivity contribution is 7.90. The zero-order valence-corrected chi connectivity index (χ0v) is 11.4. The molecule has 0 atom stereocenters. The molecule has 2 rings (SSSR count). The smallest absolute Gasteiger partial charge is 0.301 e. The predicted octanol–water partition coefficient (Wildman–Crippen LogP) is 0.266. The lowest BCUT2D eigenvalue weighted by Crippen LogP contribution is -2.43. The van der Waals surface area contributed by atoms with Crippen molar-refractivity contribution >= 4 is 21.6 Å². The van der Waals surface area contributed by atoms with Gasteiger partial charge in [-0.15, -0.1) is 0 Å². The molecule has 1 fully saturated rings. The molecule has 3 N–H and O–H groups in total. The zero-order chi connectivity index (χ0) is 13.9. The summed E-state index contributed by atoms with van der Waals surface area (Å²) in [7, 11) is -2.15. The number of nitrogen functional groups attached to an aromatic ring is 1. The second-order valence-corrected chi connectivity index (χ2v) is 5.75. The first-order chi connectivity index (χ1) is 9.03. The van der Waals surface area contributed by atoms with Gasteiger partial charge < -0.3 is 15.2 Å². The van der Waals surface area contributed by atoms with Gasteiger partial charge in [-0.3, -0.25) is 4.72 Å². The van der Waals surface area contributed by atoms with Gasteiger partial charge >= 0.3 is 10.2 Å². The van der Waals surface area contributed by atoms with Gasteiger partial charge in [0.05, 0.1) is 26.0 Å². The van der Waals surface area contributed by atoms with E-state index in [9.17, 15) is 8.42 Å². The van der Waals surface area contributed by atoms with Crippen LogP contribution in [0.15, 0.2) is 18.2 Å². The fourth-order valence-electron chi connectivity index (χ4n) is 1.80. The van der Waals surface area contributed by atoms with Crippen LogP contribution in [0.2, 0.25) is 0 Å². The average molecular weight is 287 g/mol. The molecule has 8 heteroatoms. The van der Waals surface area contributed by atoms with Crippen molar-refractivity contribution in [2.45, 2.75) is 0 Å². The van der Waals surface area contributed by atoms with Crippen molar-refractivity contribution in [3.8, 4) is 5.75 Å². The Hall–Kier alpha value is -1.51. The van der Waals surface area contributed by atoms with E-state index < -0.39 is 10.2 Å². The van der Waals surface area contributed by atoms with Gasteiger partial charge in [-0.2, -0.15) is 12.7 Å². The van der Waals surface area contributed by atoms with Crippen LogP contribution in [-0.4, -0.2) is 46.1 Å². The number of hydrogen-bond donors (Lipinski definition) is 2. The van der Waals surface area contributed by atoms with E-state index in [2.05, 4.69) is 4.72 Å². The van der Waals surface area contributed by atoms with Crippen molar-refractivity contribution in [2.75, 3.05) is 43.9 Å². The third-order valence-corrected chi connectivity index (χ3v) is 4.30. The van der Waals surface area contributed by atoms with Gasteiger partial charge in [0, 0.05) is 18.8 Å². The number of anilines is 2. The molecule has 0 saturated carbocycles. The summed E-state index contributed by atoms with van der Waals surface area (Å²) in [6.45, 7) is 1.46. The largest absolute Gasteiger partial charge is 0.495 e. The van der Waals surface area contributed by atoms with E-state index >= 15 is 0 Å². The summed E-state index contributed by atoms with van der Waals surface area (Å²) in [6, 6.07) is 4.79. The Bertz CT molecular complexity index is 541. The second kappa shape index (κ2) is 5.64. The monoisotopic (exact) mass is 287 g/mol. The van der Waals surface area contributed by atoms with Crippen molar-refractivity contribution in [3.63, 3.8) is 0 Å². The molecule has 1 heterocycles. The molecule has 1 saturated heterocycles. The van der Waals surface area contributed by atoms with Crippen molar-refractivity contribution in [1.82, 2.24) is 4.31 Å². The first-order valence-corrected chi connectivity index (χ1v) is 7.26. The van der Waals surface area contributed by atoms with Crippen LogP contribution >= 0.6 is 0 Å². The van der Waals surface area contributed by atoms with Gasteiger partial charge in [-0.25, -0.2) is 0 Å². The van der Waals surface area contributed by atoms with E-state index in [1.807, 2.05) is 0 Å². The minimum Gasteiger partial charge on any atom is -0.495 e. The number of nitrogens with two attached hydrogens (primary N) is 1. The molecule has 7 nitrogen and oxygen atoms in total. The molecular weight excluding hydrogens is 270 g/mol. The fraction of sp³-hybridized carbons (Fsp3) is 0.455. The summed E-state index contributed by atoms with van der Waals surface area (Å²) in [5.74, 6) is 0.422. The maximum absolute atomic E-state index is 12.2. The highest BCUT2D eigenvalue weighted by Crippen LogP contribution is 2.28. The number of ether oxygens (including phenoxy) is 2. The highest BCUT2D eigenvalue weighted by Gasteiger charge is 2.25. The summed E-state index contributed by atoms with van der Waals surface area (Å²) in [6.07, 6.45) is 0. The van der Waals surface area contributed by atoms with Crippen LogP contribution in [0.3, 0.4) is 0 Å². The molecule has 106 valence electrons. The van der Waals surface area contributed by atoms with Gasteiger partial charge in [0.1, 0.15) is 5.75 Å². The Morgan fingerprint density at radius 1 is 1.37 bits per heavy atom. The Balaban J connectivity index is 2.21. The van der Waals surface area contributed by atoms with Gasteiger partial charge in [-0.05, 0) is 18.2 Å². The van der Waals surface area contributed by atoms with Crippen LogP contribution in [0, 0.1) is 0 Å². The Morgan fingerprint density at radius 2 is 2.05 bits per heavy atom. The second-order valence-electron chi connectivity index (χ2n) is 4.08. The Kier molecular flexibility index (Phi) is 4.13. The SMILES string of the molecule is COc1ccc(N)cc1NS(=O)(=O)N1CCOCC1. The molecule has 0 aromatic heterocycles. The van der Waals surface area contributed by atoms with E-state index in [0.29, 0.717) is 43.4 Å². The predicted molar refractivity (Wildman–Crippen MR) is 72.3 cm³/mol.